The zero-order valence-corrected chi connectivity index (χ0v) is 12.1. The molecule has 2 aliphatic carbocycles. The molecule has 1 amide bonds. The molecule has 0 heterocycles. The summed E-state index contributed by atoms with van der Waals surface area (Å²) in [5, 5.41) is 3.19. The Hall–Kier alpha value is -1.31. The van der Waals surface area contributed by atoms with Crippen LogP contribution in [0.25, 0.3) is 0 Å². The van der Waals surface area contributed by atoms with E-state index < -0.39 is 0 Å². The average molecular weight is 257 g/mol. The number of carbonyl (C=O) groups is 1. The summed E-state index contributed by atoms with van der Waals surface area (Å²) in [6.07, 6.45) is 5.00. The van der Waals surface area contributed by atoms with Crippen LogP contribution in [0.2, 0.25) is 0 Å². The van der Waals surface area contributed by atoms with Crippen LogP contribution >= 0.6 is 0 Å². The van der Waals surface area contributed by atoms with Crippen molar-refractivity contribution in [2.24, 2.45) is 17.8 Å². The van der Waals surface area contributed by atoms with Crippen LogP contribution in [0, 0.1) is 38.5 Å². The van der Waals surface area contributed by atoms with E-state index in [1.54, 1.807) is 0 Å². The smallest absolute Gasteiger partial charge is 0.227 e. The first-order valence-corrected chi connectivity index (χ1v) is 7.43. The minimum Gasteiger partial charge on any atom is -0.325 e. The molecule has 2 heteroatoms. The van der Waals surface area contributed by atoms with Crippen LogP contribution < -0.4 is 5.32 Å². The molecule has 0 radical (unpaired) electrons. The molecule has 2 bridgehead atoms. The molecule has 102 valence electrons. The highest BCUT2D eigenvalue weighted by Gasteiger charge is 2.43. The zero-order valence-electron chi connectivity index (χ0n) is 12.1. The summed E-state index contributed by atoms with van der Waals surface area (Å²) < 4.78 is 0. The van der Waals surface area contributed by atoms with Gasteiger partial charge in [-0.3, -0.25) is 4.79 Å². The topological polar surface area (TPSA) is 29.1 Å². The van der Waals surface area contributed by atoms with Gasteiger partial charge in [0.05, 0.1) is 0 Å². The second-order valence-electron chi connectivity index (χ2n) is 6.54. The average Bonchev–Trinajstić information content (AvgIpc) is 2.95. The van der Waals surface area contributed by atoms with Crippen molar-refractivity contribution in [1.29, 1.82) is 0 Å². The predicted molar refractivity (Wildman–Crippen MR) is 78.2 cm³/mol. The number of hydrogen-bond donors (Lipinski definition) is 1. The normalized spacial score (nSPS) is 28.7. The van der Waals surface area contributed by atoms with Gasteiger partial charge in [-0.05, 0) is 63.0 Å². The molecule has 2 fully saturated rings. The number of nitrogens with one attached hydrogen (secondary N) is 1. The van der Waals surface area contributed by atoms with Crippen LogP contribution in [0.3, 0.4) is 0 Å². The highest BCUT2D eigenvalue weighted by atomic mass is 16.1. The Morgan fingerprint density at radius 3 is 2.32 bits per heavy atom. The predicted octanol–water partition coefficient (Wildman–Crippen LogP) is 3.99. The summed E-state index contributed by atoms with van der Waals surface area (Å²) in [6.45, 7) is 6.26. The van der Waals surface area contributed by atoms with Crippen molar-refractivity contribution < 1.29 is 4.79 Å². The summed E-state index contributed by atoms with van der Waals surface area (Å²) in [5.74, 6) is 1.98. The first kappa shape index (κ1) is 12.7. The molecule has 1 N–H and O–H groups in total. The molecule has 1 aromatic carbocycles. The highest BCUT2D eigenvalue weighted by molar-refractivity contribution is 5.94. The van der Waals surface area contributed by atoms with Crippen molar-refractivity contribution in [2.75, 3.05) is 5.32 Å². The van der Waals surface area contributed by atoms with Gasteiger partial charge >= 0.3 is 0 Å². The molecule has 0 saturated heterocycles. The largest absolute Gasteiger partial charge is 0.325 e. The molecule has 2 nitrogen and oxygen atoms in total. The van der Waals surface area contributed by atoms with Gasteiger partial charge in [-0.15, -0.1) is 0 Å². The van der Waals surface area contributed by atoms with Crippen LogP contribution in [0.5, 0.6) is 0 Å². The van der Waals surface area contributed by atoms with Gasteiger partial charge in [-0.25, -0.2) is 0 Å². The lowest BCUT2D eigenvalue weighted by molar-refractivity contribution is -0.121. The molecule has 3 rings (SSSR count). The maximum Gasteiger partial charge on any atom is 0.227 e. The molecule has 2 saturated carbocycles. The van der Waals surface area contributed by atoms with Crippen LogP contribution in [-0.2, 0) is 4.79 Å². The number of fused-ring (bicyclic) bond motifs is 2. The lowest BCUT2D eigenvalue weighted by atomic mass is 9.88. The quantitative estimate of drug-likeness (QED) is 0.853. The Morgan fingerprint density at radius 2 is 1.79 bits per heavy atom. The highest BCUT2D eigenvalue weighted by Crippen LogP contribution is 2.48. The van der Waals surface area contributed by atoms with E-state index in [2.05, 4.69) is 38.2 Å². The third kappa shape index (κ3) is 2.29. The van der Waals surface area contributed by atoms with E-state index >= 15 is 0 Å². The van der Waals surface area contributed by atoms with Crippen LogP contribution in [0.15, 0.2) is 12.1 Å². The van der Waals surface area contributed by atoms with Gasteiger partial charge in [0, 0.05) is 11.6 Å². The molecule has 0 spiro atoms. The minimum atomic E-state index is 0.252. The molecule has 0 aliphatic heterocycles. The third-order valence-electron chi connectivity index (χ3n) is 5.00. The van der Waals surface area contributed by atoms with Crippen molar-refractivity contribution >= 4 is 11.6 Å². The Morgan fingerprint density at radius 1 is 1.11 bits per heavy atom. The lowest BCUT2D eigenvalue weighted by Gasteiger charge is -2.22. The molecular weight excluding hydrogens is 234 g/mol. The molecule has 2 aliphatic rings. The maximum atomic E-state index is 12.5. The summed E-state index contributed by atoms with van der Waals surface area (Å²) in [4.78, 5) is 12.5. The number of rotatable bonds is 2. The van der Waals surface area contributed by atoms with Gasteiger partial charge in [-0.1, -0.05) is 24.1 Å². The fraction of sp³-hybridized carbons (Fsp3) is 0.588. The molecule has 0 unspecified atom stereocenters. The molecule has 19 heavy (non-hydrogen) atoms. The van der Waals surface area contributed by atoms with Gasteiger partial charge in [0.15, 0.2) is 0 Å². The fourth-order valence-corrected chi connectivity index (χ4v) is 4.16. The summed E-state index contributed by atoms with van der Waals surface area (Å²) in [7, 11) is 0. The SMILES string of the molecule is Cc1cc(C)c(NC(=O)[C@@H]2C[C@H]3CC[C@@H]2C3)c(C)c1. The number of hydrogen-bond acceptors (Lipinski definition) is 1. The Balaban J connectivity index is 1.77. The molecule has 0 aromatic heterocycles. The minimum absolute atomic E-state index is 0.252. The first-order chi connectivity index (χ1) is 9.04. The van der Waals surface area contributed by atoms with Crippen LogP contribution in [-0.4, -0.2) is 5.91 Å². The fourth-order valence-electron chi connectivity index (χ4n) is 4.16. The number of amides is 1. The van der Waals surface area contributed by atoms with Gasteiger partial charge in [-0.2, -0.15) is 0 Å². The van der Waals surface area contributed by atoms with E-state index in [1.165, 1.54) is 36.0 Å². The van der Waals surface area contributed by atoms with Crippen molar-refractivity contribution in [3.63, 3.8) is 0 Å². The van der Waals surface area contributed by atoms with Crippen molar-refractivity contribution in [3.05, 3.63) is 28.8 Å². The second kappa shape index (κ2) is 4.66. The second-order valence-corrected chi connectivity index (χ2v) is 6.54. The lowest BCUT2D eigenvalue weighted by Crippen LogP contribution is -2.27. The van der Waals surface area contributed by atoms with E-state index in [0.29, 0.717) is 5.92 Å². The van der Waals surface area contributed by atoms with E-state index in [9.17, 15) is 4.79 Å². The first-order valence-electron chi connectivity index (χ1n) is 7.43. The third-order valence-corrected chi connectivity index (χ3v) is 5.00. The Kier molecular flexibility index (Phi) is 3.12. The van der Waals surface area contributed by atoms with Crippen LogP contribution in [0.1, 0.15) is 42.4 Å². The van der Waals surface area contributed by atoms with E-state index in [0.717, 1.165) is 18.0 Å². The monoisotopic (exact) mass is 257 g/mol. The van der Waals surface area contributed by atoms with Gasteiger partial charge in [0.2, 0.25) is 5.91 Å². The van der Waals surface area contributed by atoms with Gasteiger partial charge in [0.1, 0.15) is 0 Å². The molecule has 3 atom stereocenters. The molecular formula is C17H23NO. The maximum absolute atomic E-state index is 12.5. The summed E-state index contributed by atoms with van der Waals surface area (Å²) in [5.41, 5.74) is 4.63. The molecule has 1 aromatic rings. The van der Waals surface area contributed by atoms with E-state index in [1.807, 2.05) is 0 Å². The zero-order chi connectivity index (χ0) is 13.6. The van der Waals surface area contributed by atoms with Gasteiger partial charge in [0.25, 0.3) is 0 Å². The number of aryl methyl sites for hydroxylation is 3. The number of carbonyl (C=O) groups excluding carboxylic acids is 1. The summed E-state index contributed by atoms with van der Waals surface area (Å²) >= 11 is 0. The van der Waals surface area contributed by atoms with E-state index in [4.69, 9.17) is 0 Å². The number of anilines is 1. The number of benzene rings is 1. The van der Waals surface area contributed by atoms with E-state index in [-0.39, 0.29) is 11.8 Å². The summed E-state index contributed by atoms with van der Waals surface area (Å²) in [6, 6.07) is 4.28. The standard InChI is InChI=1S/C17H23NO/c1-10-6-11(2)16(12(3)7-10)18-17(19)15-9-13-4-5-14(15)8-13/h6-7,13-15H,4-5,8-9H2,1-3H3,(H,18,19)/t13-,14+,15+/m0/s1. The van der Waals surface area contributed by atoms with Crippen molar-refractivity contribution in [1.82, 2.24) is 0 Å². The Labute approximate surface area is 115 Å². The van der Waals surface area contributed by atoms with Crippen molar-refractivity contribution in [3.8, 4) is 0 Å². The van der Waals surface area contributed by atoms with Crippen molar-refractivity contribution in [2.45, 2.75) is 46.5 Å². The van der Waals surface area contributed by atoms with Gasteiger partial charge < -0.3 is 5.32 Å². The van der Waals surface area contributed by atoms with Crippen LogP contribution in [0.4, 0.5) is 5.69 Å². The Bertz CT molecular complexity index is 497.